The van der Waals surface area contributed by atoms with Gasteiger partial charge in [0.2, 0.25) is 5.76 Å². The number of amides is 2. The lowest BCUT2D eigenvalue weighted by Gasteiger charge is -2.07. The third-order valence-corrected chi connectivity index (χ3v) is 4.25. The third-order valence-electron chi connectivity index (χ3n) is 4.25. The molecule has 1 aromatic heterocycles. The van der Waals surface area contributed by atoms with Crippen molar-refractivity contribution < 1.29 is 22.8 Å². The fourth-order valence-corrected chi connectivity index (χ4v) is 2.84. The summed E-state index contributed by atoms with van der Waals surface area (Å²) in [6.45, 7) is 0. The molecule has 1 heterocycles. The molecule has 3 aromatic carbocycles. The molecule has 4 aromatic rings. The van der Waals surface area contributed by atoms with E-state index in [1.165, 1.54) is 48.5 Å². The van der Waals surface area contributed by atoms with Gasteiger partial charge in [-0.15, -0.1) is 0 Å². The van der Waals surface area contributed by atoms with Crippen molar-refractivity contribution in [3.63, 3.8) is 0 Å². The van der Waals surface area contributed by atoms with E-state index >= 15 is 0 Å². The van der Waals surface area contributed by atoms with Crippen LogP contribution in [0.4, 0.5) is 20.2 Å². The first-order valence-electron chi connectivity index (χ1n) is 8.66. The van der Waals surface area contributed by atoms with E-state index in [1.54, 1.807) is 24.3 Å². The Morgan fingerprint density at radius 2 is 1.34 bits per heavy atom. The van der Waals surface area contributed by atoms with Crippen LogP contribution >= 0.6 is 0 Å². The van der Waals surface area contributed by atoms with E-state index in [9.17, 15) is 18.4 Å². The van der Waals surface area contributed by atoms with Gasteiger partial charge in [-0.1, -0.05) is 12.1 Å². The standard InChI is InChI=1S/C22H14F2N2O3/c23-14-7-5-13(6-8-14)21(27)26-19-17-3-1-2-4-18(17)29-20(19)22(28)25-16-11-9-15(24)10-12-16/h1-12H,(H,25,28)(H,26,27). The van der Waals surface area contributed by atoms with Gasteiger partial charge in [-0.05, 0) is 60.7 Å². The van der Waals surface area contributed by atoms with Crippen molar-refractivity contribution in [2.24, 2.45) is 0 Å². The second-order valence-electron chi connectivity index (χ2n) is 6.22. The van der Waals surface area contributed by atoms with Crippen LogP contribution in [0.25, 0.3) is 11.0 Å². The van der Waals surface area contributed by atoms with E-state index in [2.05, 4.69) is 10.6 Å². The molecule has 0 saturated heterocycles. The molecule has 0 aliphatic carbocycles. The van der Waals surface area contributed by atoms with Gasteiger partial charge in [0, 0.05) is 16.6 Å². The van der Waals surface area contributed by atoms with Crippen LogP contribution in [0.5, 0.6) is 0 Å². The summed E-state index contributed by atoms with van der Waals surface area (Å²) in [4.78, 5) is 25.3. The Labute approximate surface area is 164 Å². The van der Waals surface area contributed by atoms with E-state index in [0.717, 1.165) is 0 Å². The minimum absolute atomic E-state index is 0.106. The molecule has 0 atom stereocenters. The molecule has 0 aliphatic heterocycles. The van der Waals surface area contributed by atoms with Gasteiger partial charge < -0.3 is 15.1 Å². The Kier molecular flexibility index (Phi) is 4.78. The van der Waals surface area contributed by atoms with Gasteiger partial charge in [-0.3, -0.25) is 9.59 Å². The van der Waals surface area contributed by atoms with E-state index in [-0.39, 0.29) is 17.0 Å². The topological polar surface area (TPSA) is 71.3 Å². The zero-order chi connectivity index (χ0) is 20.4. The zero-order valence-corrected chi connectivity index (χ0v) is 14.9. The molecule has 0 saturated carbocycles. The number of nitrogens with one attached hydrogen (secondary N) is 2. The maximum atomic E-state index is 13.1. The molecule has 5 nitrogen and oxygen atoms in total. The van der Waals surface area contributed by atoms with Gasteiger partial charge >= 0.3 is 0 Å². The molecule has 7 heteroatoms. The van der Waals surface area contributed by atoms with Crippen molar-refractivity contribution in [3.8, 4) is 0 Å². The lowest BCUT2D eigenvalue weighted by molar-refractivity contribution is 0.0999. The number of benzene rings is 3. The minimum Gasteiger partial charge on any atom is -0.449 e. The number of hydrogen-bond donors (Lipinski definition) is 2. The molecule has 144 valence electrons. The summed E-state index contributed by atoms with van der Waals surface area (Å²) in [6.07, 6.45) is 0. The third kappa shape index (κ3) is 3.84. The van der Waals surface area contributed by atoms with E-state index in [1.807, 2.05) is 0 Å². The first-order valence-corrected chi connectivity index (χ1v) is 8.66. The van der Waals surface area contributed by atoms with Gasteiger partial charge in [0.1, 0.15) is 22.9 Å². The first kappa shape index (κ1) is 18.4. The molecule has 29 heavy (non-hydrogen) atoms. The van der Waals surface area contributed by atoms with E-state index in [4.69, 9.17) is 4.42 Å². The number of carbonyl (C=O) groups excluding carboxylic acids is 2. The Morgan fingerprint density at radius 3 is 2.03 bits per heavy atom. The van der Waals surface area contributed by atoms with Crippen LogP contribution < -0.4 is 10.6 Å². The van der Waals surface area contributed by atoms with Crippen molar-refractivity contribution in [3.05, 3.63) is 95.8 Å². The number of furan rings is 1. The summed E-state index contributed by atoms with van der Waals surface area (Å²) in [7, 11) is 0. The van der Waals surface area contributed by atoms with Crippen LogP contribution in [0, 0.1) is 11.6 Å². The van der Waals surface area contributed by atoms with E-state index < -0.39 is 23.4 Å². The number of fused-ring (bicyclic) bond motifs is 1. The molecule has 0 fully saturated rings. The van der Waals surface area contributed by atoms with Crippen molar-refractivity contribution >= 4 is 34.2 Å². The second-order valence-corrected chi connectivity index (χ2v) is 6.22. The molecular weight excluding hydrogens is 378 g/mol. The zero-order valence-electron chi connectivity index (χ0n) is 14.9. The average Bonchev–Trinajstić information content (AvgIpc) is 3.09. The van der Waals surface area contributed by atoms with Crippen molar-refractivity contribution in [1.29, 1.82) is 0 Å². The molecule has 2 amide bonds. The second kappa shape index (κ2) is 7.55. The monoisotopic (exact) mass is 392 g/mol. The number of halogens is 2. The molecule has 2 N–H and O–H groups in total. The number of anilines is 2. The summed E-state index contributed by atoms with van der Waals surface area (Å²) >= 11 is 0. The van der Waals surface area contributed by atoms with Crippen LogP contribution in [0.3, 0.4) is 0 Å². The summed E-state index contributed by atoms with van der Waals surface area (Å²) in [5.41, 5.74) is 1.19. The fourth-order valence-electron chi connectivity index (χ4n) is 2.84. The minimum atomic E-state index is -0.609. The molecule has 0 unspecified atom stereocenters. The van der Waals surface area contributed by atoms with Gasteiger partial charge in [0.15, 0.2) is 0 Å². The summed E-state index contributed by atoms with van der Waals surface area (Å²) < 4.78 is 31.8. The maximum absolute atomic E-state index is 13.1. The highest BCUT2D eigenvalue weighted by atomic mass is 19.1. The largest absolute Gasteiger partial charge is 0.449 e. The van der Waals surface area contributed by atoms with Gasteiger partial charge in [0.05, 0.1) is 0 Å². The number of para-hydroxylation sites is 1. The highest BCUT2D eigenvalue weighted by Gasteiger charge is 2.23. The fraction of sp³-hybridized carbons (Fsp3) is 0. The lowest BCUT2D eigenvalue weighted by atomic mass is 10.1. The summed E-state index contributed by atoms with van der Waals surface area (Å²) in [5, 5.41) is 5.81. The molecular formula is C22H14F2N2O3. The predicted molar refractivity (Wildman–Crippen MR) is 105 cm³/mol. The van der Waals surface area contributed by atoms with E-state index in [0.29, 0.717) is 16.7 Å². The quantitative estimate of drug-likeness (QED) is 0.500. The highest BCUT2D eigenvalue weighted by molar-refractivity contribution is 6.16. The molecule has 4 rings (SSSR count). The van der Waals surface area contributed by atoms with Crippen molar-refractivity contribution in [2.45, 2.75) is 0 Å². The predicted octanol–water partition coefficient (Wildman–Crippen LogP) is 5.22. The smallest absolute Gasteiger partial charge is 0.293 e. The van der Waals surface area contributed by atoms with Crippen LogP contribution in [0.15, 0.2) is 77.2 Å². The lowest BCUT2D eigenvalue weighted by Crippen LogP contribution is -2.17. The van der Waals surface area contributed by atoms with Crippen LogP contribution in [0.2, 0.25) is 0 Å². The Bertz CT molecular complexity index is 1200. The molecule has 0 spiro atoms. The molecule has 0 aliphatic rings. The molecule has 0 bridgehead atoms. The van der Waals surface area contributed by atoms with Crippen LogP contribution in [-0.4, -0.2) is 11.8 Å². The van der Waals surface area contributed by atoms with Crippen LogP contribution in [0.1, 0.15) is 20.9 Å². The molecule has 0 radical (unpaired) electrons. The summed E-state index contributed by atoms with van der Waals surface area (Å²) in [5.74, 6) is -2.13. The maximum Gasteiger partial charge on any atom is 0.293 e. The normalized spacial score (nSPS) is 10.7. The summed E-state index contributed by atoms with van der Waals surface area (Å²) in [6, 6.07) is 17.1. The Hall–Kier alpha value is -4.00. The number of hydrogen-bond acceptors (Lipinski definition) is 3. The van der Waals surface area contributed by atoms with Gasteiger partial charge in [-0.2, -0.15) is 0 Å². The Morgan fingerprint density at radius 1 is 0.724 bits per heavy atom. The van der Waals surface area contributed by atoms with Crippen molar-refractivity contribution in [1.82, 2.24) is 0 Å². The SMILES string of the molecule is O=C(Nc1c(C(=O)Nc2ccc(F)cc2)oc2ccccc12)c1ccc(F)cc1. The highest BCUT2D eigenvalue weighted by Crippen LogP contribution is 2.32. The van der Waals surface area contributed by atoms with Crippen LogP contribution in [-0.2, 0) is 0 Å². The Balaban J connectivity index is 1.68. The van der Waals surface area contributed by atoms with Gasteiger partial charge in [-0.25, -0.2) is 8.78 Å². The first-order chi connectivity index (χ1) is 14.0. The average molecular weight is 392 g/mol. The van der Waals surface area contributed by atoms with Crippen molar-refractivity contribution in [2.75, 3.05) is 10.6 Å². The van der Waals surface area contributed by atoms with Gasteiger partial charge in [0.25, 0.3) is 11.8 Å². The number of rotatable bonds is 4. The number of carbonyl (C=O) groups is 2.